The van der Waals surface area contributed by atoms with Crippen LogP contribution in [0.15, 0.2) is 12.1 Å². The van der Waals surface area contributed by atoms with E-state index in [0.717, 1.165) is 38.1 Å². The summed E-state index contributed by atoms with van der Waals surface area (Å²) in [6.45, 7) is 7.28. The van der Waals surface area contributed by atoms with Gasteiger partial charge in [-0.05, 0) is 57.6 Å². The SMILES string of the molecule is Cc1ccc(C)n1CC1(O)CCC(C)CC1. The number of aromatic nitrogens is 1. The van der Waals surface area contributed by atoms with Crippen molar-refractivity contribution in [2.45, 2.75) is 58.6 Å². The summed E-state index contributed by atoms with van der Waals surface area (Å²) in [5.74, 6) is 0.784. The van der Waals surface area contributed by atoms with Crippen molar-refractivity contribution < 1.29 is 5.11 Å². The fraction of sp³-hybridized carbons (Fsp3) is 0.714. The van der Waals surface area contributed by atoms with Crippen molar-refractivity contribution in [3.05, 3.63) is 23.5 Å². The number of aryl methyl sites for hydroxylation is 2. The van der Waals surface area contributed by atoms with E-state index < -0.39 is 5.60 Å². The van der Waals surface area contributed by atoms with Crippen LogP contribution in [0.4, 0.5) is 0 Å². The summed E-state index contributed by atoms with van der Waals surface area (Å²) in [6.07, 6.45) is 4.22. The summed E-state index contributed by atoms with van der Waals surface area (Å²) >= 11 is 0. The first kappa shape index (κ1) is 11.7. The van der Waals surface area contributed by atoms with Gasteiger partial charge in [0.25, 0.3) is 0 Å². The molecule has 0 unspecified atom stereocenters. The van der Waals surface area contributed by atoms with Gasteiger partial charge in [-0.15, -0.1) is 0 Å². The maximum atomic E-state index is 10.6. The average molecular weight is 221 g/mol. The molecule has 0 spiro atoms. The molecule has 1 aromatic rings. The molecule has 90 valence electrons. The average Bonchev–Trinajstić information content (AvgIpc) is 2.55. The van der Waals surface area contributed by atoms with Gasteiger partial charge in [0, 0.05) is 11.4 Å². The Labute approximate surface area is 98.3 Å². The number of hydrogen-bond acceptors (Lipinski definition) is 1. The molecule has 2 rings (SSSR count). The van der Waals surface area contributed by atoms with Crippen molar-refractivity contribution in [1.82, 2.24) is 4.57 Å². The van der Waals surface area contributed by atoms with Crippen molar-refractivity contribution in [3.8, 4) is 0 Å². The lowest BCUT2D eigenvalue weighted by Crippen LogP contribution is -2.38. The number of rotatable bonds is 2. The van der Waals surface area contributed by atoms with Gasteiger partial charge in [-0.25, -0.2) is 0 Å². The van der Waals surface area contributed by atoms with Gasteiger partial charge in [0.05, 0.1) is 12.1 Å². The minimum Gasteiger partial charge on any atom is -0.388 e. The van der Waals surface area contributed by atoms with E-state index in [-0.39, 0.29) is 0 Å². The summed E-state index contributed by atoms with van der Waals surface area (Å²) in [5, 5.41) is 10.6. The van der Waals surface area contributed by atoms with E-state index in [2.05, 4.69) is 37.5 Å². The van der Waals surface area contributed by atoms with Crippen LogP contribution in [0.1, 0.15) is 44.0 Å². The predicted octanol–water partition coefficient (Wildman–Crippen LogP) is 3.05. The maximum absolute atomic E-state index is 10.6. The highest BCUT2D eigenvalue weighted by atomic mass is 16.3. The molecular formula is C14H23NO. The summed E-state index contributed by atoms with van der Waals surface area (Å²) < 4.78 is 2.25. The lowest BCUT2D eigenvalue weighted by molar-refractivity contribution is -0.0224. The van der Waals surface area contributed by atoms with Crippen molar-refractivity contribution in [3.63, 3.8) is 0 Å². The lowest BCUT2D eigenvalue weighted by atomic mass is 9.79. The number of hydrogen-bond donors (Lipinski definition) is 1. The van der Waals surface area contributed by atoms with Crippen molar-refractivity contribution >= 4 is 0 Å². The summed E-state index contributed by atoms with van der Waals surface area (Å²) in [4.78, 5) is 0. The Morgan fingerprint density at radius 1 is 1.25 bits per heavy atom. The first-order valence-electron chi connectivity index (χ1n) is 6.35. The van der Waals surface area contributed by atoms with Crippen LogP contribution in [0.2, 0.25) is 0 Å². The van der Waals surface area contributed by atoms with Crippen LogP contribution in [0, 0.1) is 19.8 Å². The van der Waals surface area contributed by atoms with Crippen LogP contribution in [0.5, 0.6) is 0 Å². The number of nitrogens with zero attached hydrogens (tertiary/aromatic N) is 1. The molecule has 2 heteroatoms. The molecule has 0 radical (unpaired) electrons. The number of aliphatic hydroxyl groups is 1. The Bertz CT molecular complexity index is 339. The fourth-order valence-corrected chi connectivity index (χ4v) is 2.70. The third-order valence-corrected chi connectivity index (χ3v) is 4.07. The second-order valence-corrected chi connectivity index (χ2v) is 5.61. The summed E-state index contributed by atoms with van der Waals surface area (Å²) in [7, 11) is 0. The zero-order chi connectivity index (χ0) is 11.8. The zero-order valence-electron chi connectivity index (χ0n) is 10.7. The van der Waals surface area contributed by atoms with Gasteiger partial charge in [0.1, 0.15) is 0 Å². The molecule has 1 N–H and O–H groups in total. The third-order valence-electron chi connectivity index (χ3n) is 4.07. The Hall–Kier alpha value is -0.760. The van der Waals surface area contributed by atoms with Gasteiger partial charge in [-0.2, -0.15) is 0 Å². The molecule has 1 heterocycles. The quantitative estimate of drug-likeness (QED) is 0.816. The Balaban J connectivity index is 2.09. The molecule has 0 atom stereocenters. The minimum atomic E-state index is -0.471. The highest BCUT2D eigenvalue weighted by molar-refractivity contribution is 5.14. The molecule has 1 saturated carbocycles. The molecule has 16 heavy (non-hydrogen) atoms. The Kier molecular flexibility index (Phi) is 3.11. The standard InChI is InChI=1S/C14H23NO/c1-11-6-8-14(16,9-7-11)10-15-12(2)4-5-13(15)3/h4-5,11,16H,6-10H2,1-3H3. The third kappa shape index (κ3) is 2.32. The molecule has 0 amide bonds. The topological polar surface area (TPSA) is 25.2 Å². The van der Waals surface area contributed by atoms with Crippen LogP contribution in [-0.4, -0.2) is 15.3 Å². The van der Waals surface area contributed by atoms with Gasteiger partial charge < -0.3 is 9.67 Å². The first-order chi connectivity index (χ1) is 7.50. The smallest absolute Gasteiger partial charge is 0.0826 e. The van der Waals surface area contributed by atoms with Crippen LogP contribution >= 0.6 is 0 Å². The summed E-state index contributed by atoms with van der Waals surface area (Å²) in [6, 6.07) is 4.26. The Morgan fingerprint density at radius 3 is 2.25 bits per heavy atom. The highest BCUT2D eigenvalue weighted by Gasteiger charge is 2.32. The molecule has 1 aliphatic carbocycles. The molecule has 1 fully saturated rings. The highest BCUT2D eigenvalue weighted by Crippen LogP contribution is 2.33. The molecule has 1 aromatic heterocycles. The van der Waals surface area contributed by atoms with E-state index in [1.807, 2.05) is 0 Å². The van der Waals surface area contributed by atoms with Crippen LogP contribution in [0.3, 0.4) is 0 Å². The van der Waals surface area contributed by atoms with Crippen LogP contribution in [0.25, 0.3) is 0 Å². The van der Waals surface area contributed by atoms with Crippen molar-refractivity contribution in [1.29, 1.82) is 0 Å². The van der Waals surface area contributed by atoms with Crippen molar-refractivity contribution in [2.75, 3.05) is 0 Å². The zero-order valence-corrected chi connectivity index (χ0v) is 10.7. The van der Waals surface area contributed by atoms with Gasteiger partial charge in [0.2, 0.25) is 0 Å². The van der Waals surface area contributed by atoms with Gasteiger partial charge in [0.15, 0.2) is 0 Å². The van der Waals surface area contributed by atoms with E-state index in [4.69, 9.17) is 0 Å². The largest absolute Gasteiger partial charge is 0.388 e. The molecule has 0 aliphatic heterocycles. The van der Waals surface area contributed by atoms with E-state index in [1.165, 1.54) is 11.4 Å². The lowest BCUT2D eigenvalue weighted by Gasteiger charge is -2.36. The molecule has 0 saturated heterocycles. The minimum absolute atomic E-state index is 0.471. The van der Waals surface area contributed by atoms with Crippen LogP contribution < -0.4 is 0 Å². The van der Waals surface area contributed by atoms with E-state index in [1.54, 1.807) is 0 Å². The summed E-state index contributed by atoms with van der Waals surface area (Å²) in [5.41, 5.74) is 2.04. The Morgan fingerprint density at radius 2 is 1.75 bits per heavy atom. The molecule has 0 aromatic carbocycles. The molecule has 2 nitrogen and oxygen atoms in total. The van der Waals surface area contributed by atoms with E-state index in [0.29, 0.717) is 0 Å². The van der Waals surface area contributed by atoms with Crippen LogP contribution in [-0.2, 0) is 6.54 Å². The first-order valence-corrected chi connectivity index (χ1v) is 6.35. The second kappa shape index (κ2) is 4.25. The monoisotopic (exact) mass is 221 g/mol. The van der Waals surface area contributed by atoms with Gasteiger partial charge >= 0.3 is 0 Å². The van der Waals surface area contributed by atoms with Gasteiger partial charge in [-0.3, -0.25) is 0 Å². The molecule has 0 bridgehead atoms. The normalized spacial score (nSPS) is 30.6. The predicted molar refractivity (Wildman–Crippen MR) is 66.5 cm³/mol. The molecule has 1 aliphatic rings. The fourth-order valence-electron chi connectivity index (χ4n) is 2.70. The van der Waals surface area contributed by atoms with Crippen molar-refractivity contribution in [2.24, 2.45) is 5.92 Å². The molecular weight excluding hydrogens is 198 g/mol. The maximum Gasteiger partial charge on any atom is 0.0826 e. The van der Waals surface area contributed by atoms with E-state index in [9.17, 15) is 5.11 Å². The second-order valence-electron chi connectivity index (χ2n) is 5.61. The van der Waals surface area contributed by atoms with E-state index >= 15 is 0 Å². The van der Waals surface area contributed by atoms with Gasteiger partial charge in [-0.1, -0.05) is 6.92 Å².